The SMILES string of the molecule is NC(=NCc1ccncn1)NO. The van der Waals surface area contributed by atoms with Crippen LogP contribution in [0, 0.1) is 0 Å². The molecule has 0 atom stereocenters. The third-order valence-electron chi connectivity index (χ3n) is 1.17. The highest BCUT2D eigenvalue weighted by Gasteiger charge is 1.90. The molecule has 0 spiro atoms. The van der Waals surface area contributed by atoms with E-state index in [9.17, 15) is 0 Å². The van der Waals surface area contributed by atoms with Gasteiger partial charge in [0.15, 0.2) is 0 Å². The fourth-order valence-corrected chi connectivity index (χ4v) is 0.613. The van der Waals surface area contributed by atoms with Gasteiger partial charge in [-0.2, -0.15) is 0 Å². The van der Waals surface area contributed by atoms with Gasteiger partial charge >= 0.3 is 0 Å². The lowest BCUT2D eigenvalue weighted by Gasteiger charge is -1.96. The Kier molecular flexibility index (Phi) is 2.97. The van der Waals surface area contributed by atoms with Gasteiger partial charge in [0, 0.05) is 6.20 Å². The molecule has 1 aromatic rings. The molecule has 0 amide bonds. The first-order valence-corrected chi connectivity index (χ1v) is 3.28. The number of nitrogens with zero attached hydrogens (tertiary/aromatic N) is 3. The van der Waals surface area contributed by atoms with Gasteiger partial charge in [0.1, 0.15) is 6.33 Å². The average molecular weight is 167 g/mol. The average Bonchev–Trinajstić information content (AvgIpc) is 2.16. The number of hydrogen-bond donors (Lipinski definition) is 3. The van der Waals surface area contributed by atoms with Gasteiger partial charge in [-0.05, 0) is 6.07 Å². The zero-order valence-electron chi connectivity index (χ0n) is 6.31. The van der Waals surface area contributed by atoms with Crippen LogP contribution in [0.25, 0.3) is 0 Å². The van der Waals surface area contributed by atoms with Crippen molar-refractivity contribution >= 4 is 5.96 Å². The third-order valence-corrected chi connectivity index (χ3v) is 1.17. The van der Waals surface area contributed by atoms with Gasteiger partial charge < -0.3 is 5.73 Å². The third kappa shape index (κ3) is 2.51. The van der Waals surface area contributed by atoms with E-state index in [-0.39, 0.29) is 5.96 Å². The highest BCUT2D eigenvalue weighted by atomic mass is 16.5. The standard InChI is InChI=1S/C6H9N5O/c7-6(11-12)9-3-5-1-2-8-4-10-5/h1-2,4,12H,3H2,(H3,7,9,11). The van der Waals surface area contributed by atoms with E-state index in [1.165, 1.54) is 6.33 Å². The summed E-state index contributed by atoms with van der Waals surface area (Å²) in [5.74, 6) is -0.0337. The number of aliphatic imine (C=N–C) groups is 1. The second-order valence-corrected chi connectivity index (χ2v) is 2.01. The van der Waals surface area contributed by atoms with Gasteiger partial charge in [0.25, 0.3) is 0 Å². The maximum Gasteiger partial charge on any atom is 0.213 e. The first-order valence-electron chi connectivity index (χ1n) is 3.28. The summed E-state index contributed by atoms with van der Waals surface area (Å²) in [4.78, 5) is 11.4. The maximum atomic E-state index is 8.27. The molecule has 0 radical (unpaired) electrons. The number of nitrogens with one attached hydrogen (secondary N) is 1. The Labute approximate surface area is 69.1 Å². The molecule has 0 aliphatic carbocycles. The number of rotatable bonds is 2. The Morgan fingerprint density at radius 3 is 3.17 bits per heavy atom. The van der Waals surface area contributed by atoms with Gasteiger partial charge in [-0.3, -0.25) is 5.21 Å². The molecular formula is C6H9N5O. The van der Waals surface area contributed by atoms with Crippen LogP contribution in [0.15, 0.2) is 23.6 Å². The predicted octanol–water partition coefficient (Wildman–Crippen LogP) is -0.730. The number of hydrogen-bond acceptors (Lipinski definition) is 4. The van der Waals surface area contributed by atoms with Crippen LogP contribution in [-0.4, -0.2) is 21.1 Å². The Balaban J connectivity index is 2.54. The van der Waals surface area contributed by atoms with E-state index in [4.69, 9.17) is 10.9 Å². The quantitative estimate of drug-likeness (QED) is 0.306. The van der Waals surface area contributed by atoms with Crippen molar-refractivity contribution in [3.8, 4) is 0 Å². The lowest BCUT2D eigenvalue weighted by Crippen LogP contribution is -2.28. The Hall–Kier alpha value is -1.69. The van der Waals surface area contributed by atoms with Crippen molar-refractivity contribution in [2.45, 2.75) is 6.54 Å². The van der Waals surface area contributed by atoms with Crippen LogP contribution < -0.4 is 11.2 Å². The van der Waals surface area contributed by atoms with Gasteiger partial charge in [-0.15, -0.1) is 0 Å². The first kappa shape index (κ1) is 8.41. The van der Waals surface area contributed by atoms with Crippen molar-refractivity contribution in [2.24, 2.45) is 10.7 Å². The monoisotopic (exact) mass is 167 g/mol. The van der Waals surface area contributed by atoms with E-state index in [2.05, 4.69) is 15.0 Å². The van der Waals surface area contributed by atoms with E-state index >= 15 is 0 Å². The summed E-state index contributed by atoms with van der Waals surface area (Å²) < 4.78 is 0. The molecule has 64 valence electrons. The summed E-state index contributed by atoms with van der Waals surface area (Å²) in [6.07, 6.45) is 3.04. The Morgan fingerprint density at radius 2 is 2.58 bits per heavy atom. The van der Waals surface area contributed by atoms with Crippen molar-refractivity contribution in [3.05, 3.63) is 24.3 Å². The molecule has 0 fully saturated rings. The smallest absolute Gasteiger partial charge is 0.213 e. The van der Waals surface area contributed by atoms with E-state index in [1.807, 2.05) is 0 Å². The topological polar surface area (TPSA) is 96.4 Å². The Morgan fingerprint density at radius 1 is 1.75 bits per heavy atom. The molecule has 0 unspecified atom stereocenters. The van der Waals surface area contributed by atoms with E-state index in [0.717, 1.165) is 5.69 Å². The summed E-state index contributed by atoms with van der Waals surface area (Å²) in [6, 6.07) is 1.72. The summed E-state index contributed by atoms with van der Waals surface area (Å²) >= 11 is 0. The zero-order chi connectivity index (χ0) is 8.81. The minimum absolute atomic E-state index is 0.0337. The van der Waals surface area contributed by atoms with Crippen molar-refractivity contribution in [3.63, 3.8) is 0 Å². The highest BCUT2D eigenvalue weighted by molar-refractivity contribution is 5.76. The second-order valence-electron chi connectivity index (χ2n) is 2.01. The van der Waals surface area contributed by atoms with E-state index in [0.29, 0.717) is 6.54 Å². The molecule has 4 N–H and O–H groups in total. The molecule has 6 nitrogen and oxygen atoms in total. The molecule has 0 saturated carbocycles. The lowest BCUT2D eigenvalue weighted by atomic mass is 10.4. The number of hydroxylamine groups is 1. The van der Waals surface area contributed by atoms with Crippen LogP contribution >= 0.6 is 0 Å². The molecule has 0 aromatic carbocycles. The lowest BCUT2D eigenvalue weighted by molar-refractivity contribution is 0.232. The van der Waals surface area contributed by atoms with Crippen LogP contribution in [0.3, 0.4) is 0 Å². The maximum absolute atomic E-state index is 8.27. The summed E-state index contributed by atoms with van der Waals surface area (Å²) in [6.45, 7) is 0.321. The number of nitrogens with two attached hydrogens (primary N) is 1. The number of aromatic nitrogens is 2. The molecule has 12 heavy (non-hydrogen) atoms. The zero-order valence-corrected chi connectivity index (χ0v) is 6.31. The summed E-state index contributed by atoms with van der Waals surface area (Å²) in [5.41, 5.74) is 7.62. The van der Waals surface area contributed by atoms with E-state index in [1.54, 1.807) is 17.7 Å². The van der Waals surface area contributed by atoms with Gasteiger partial charge in [0.2, 0.25) is 5.96 Å². The summed E-state index contributed by atoms with van der Waals surface area (Å²) in [7, 11) is 0. The molecule has 1 heterocycles. The molecule has 0 aliphatic rings. The van der Waals surface area contributed by atoms with Crippen LogP contribution in [0.4, 0.5) is 0 Å². The molecule has 1 aromatic heterocycles. The largest absolute Gasteiger partial charge is 0.368 e. The molecule has 6 heteroatoms. The second kappa shape index (κ2) is 4.24. The molecule has 0 aliphatic heterocycles. The molecule has 1 rings (SSSR count). The fraction of sp³-hybridized carbons (Fsp3) is 0.167. The van der Waals surface area contributed by atoms with Crippen LogP contribution in [0.1, 0.15) is 5.69 Å². The summed E-state index contributed by atoms with van der Waals surface area (Å²) in [5, 5.41) is 8.27. The van der Waals surface area contributed by atoms with E-state index < -0.39 is 0 Å². The van der Waals surface area contributed by atoms with Crippen LogP contribution in [0.5, 0.6) is 0 Å². The first-order chi connectivity index (χ1) is 5.83. The molecule has 0 bridgehead atoms. The predicted molar refractivity (Wildman–Crippen MR) is 42.3 cm³/mol. The normalized spacial score (nSPS) is 11.2. The minimum Gasteiger partial charge on any atom is -0.368 e. The van der Waals surface area contributed by atoms with Crippen LogP contribution in [0.2, 0.25) is 0 Å². The van der Waals surface area contributed by atoms with Crippen molar-refractivity contribution in [1.29, 1.82) is 0 Å². The van der Waals surface area contributed by atoms with Gasteiger partial charge in [-0.25, -0.2) is 20.4 Å². The highest BCUT2D eigenvalue weighted by Crippen LogP contribution is 1.92. The van der Waals surface area contributed by atoms with Crippen molar-refractivity contribution in [2.75, 3.05) is 0 Å². The van der Waals surface area contributed by atoms with Crippen molar-refractivity contribution < 1.29 is 5.21 Å². The minimum atomic E-state index is -0.0337. The van der Waals surface area contributed by atoms with Crippen LogP contribution in [-0.2, 0) is 6.54 Å². The number of guanidine groups is 1. The Bertz CT molecular complexity index is 260. The fourth-order valence-electron chi connectivity index (χ4n) is 0.613. The van der Waals surface area contributed by atoms with Gasteiger partial charge in [-0.1, -0.05) is 0 Å². The molecule has 0 saturated heterocycles. The van der Waals surface area contributed by atoms with Crippen molar-refractivity contribution in [1.82, 2.24) is 15.4 Å². The van der Waals surface area contributed by atoms with Gasteiger partial charge in [0.05, 0.1) is 12.2 Å². The molecular weight excluding hydrogens is 158 g/mol.